The van der Waals surface area contributed by atoms with Crippen LogP contribution in [0, 0.1) is 0 Å². The van der Waals surface area contributed by atoms with Crippen LogP contribution in [0.15, 0.2) is 34.2 Å². The van der Waals surface area contributed by atoms with Crippen molar-refractivity contribution in [2.45, 2.75) is 37.1 Å². The van der Waals surface area contributed by atoms with Gasteiger partial charge in [-0.05, 0) is 31.9 Å². The van der Waals surface area contributed by atoms with Gasteiger partial charge in [0, 0.05) is 11.4 Å². The van der Waals surface area contributed by atoms with E-state index in [9.17, 15) is 8.42 Å². The van der Waals surface area contributed by atoms with Crippen LogP contribution in [0.25, 0.3) is 0 Å². The summed E-state index contributed by atoms with van der Waals surface area (Å²) in [5.41, 5.74) is 0.286. The fourth-order valence-corrected chi connectivity index (χ4v) is 3.64. The number of alkyl halides is 1. The molecular weight excluding hydrogens is 284 g/mol. The molecular formula is C13H17ClN2O2S. The summed E-state index contributed by atoms with van der Waals surface area (Å²) in [6.45, 7) is 4.00. The summed E-state index contributed by atoms with van der Waals surface area (Å²) < 4.78 is 26.5. The Morgan fingerprint density at radius 2 is 2.05 bits per heavy atom. The first-order valence-corrected chi connectivity index (χ1v) is 8.22. The van der Waals surface area contributed by atoms with Crippen molar-refractivity contribution in [3.8, 4) is 0 Å². The first-order chi connectivity index (χ1) is 8.92. The van der Waals surface area contributed by atoms with Crippen molar-refractivity contribution < 1.29 is 8.42 Å². The lowest BCUT2D eigenvalue weighted by atomic mass is 9.96. The van der Waals surface area contributed by atoms with Gasteiger partial charge in [0.05, 0.1) is 10.4 Å². The second-order valence-electron chi connectivity index (χ2n) is 4.85. The van der Waals surface area contributed by atoms with Gasteiger partial charge in [0.1, 0.15) is 5.84 Å². The third-order valence-electron chi connectivity index (χ3n) is 3.44. The molecule has 1 aromatic carbocycles. The van der Waals surface area contributed by atoms with Gasteiger partial charge in [-0.1, -0.05) is 19.1 Å². The second kappa shape index (κ2) is 5.13. The summed E-state index contributed by atoms with van der Waals surface area (Å²) in [4.78, 5) is 4.88. The third kappa shape index (κ3) is 2.77. The lowest BCUT2D eigenvalue weighted by molar-refractivity contribution is 0.443. The number of sulfonamides is 1. The molecule has 0 radical (unpaired) electrons. The molecule has 0 spiro atoms. The van der Waals surface area contributed by atoms with Crippen LogP contribution in [0.3, 0.4) is 0 Å². The summed E-state index contributed by atoms with van der Waals surface area (Å²) in [6, 6.07) is 6.87. The maximum absolute atomic E-state index is 12.0. The molecule has 2 rings (SSSR count). The van der Waals surface area contributed by atoms with Gasteiger partial charge < -0.3 is 0 Å². The molecule has 1 atom stereocenters. The summed E-state index contributed by atoms with van der Waals surface area (Å²) in [6.07, 6.45) is 1.51. The molecule has 0 saturated carbocycles. The number of aliphatic imine (C=N–C) groups is 1. The van der Waals surface area contributed by atoms with Gasteiger partial charge in [-0.2, -0.15) is 0 Å². The smallest absolute Gasteiger partial charge is 0.263 e. The number of fused-ring (bicyclic) bond motifs is 1. The Morgan fingerprint density at radius 3 is 2.68 bits per heavy atom. The van der Waals surface area contributed by atoms with Gasteiger partial charge in [-0.3, -0.25) is 9.71 Å². The molecule has 0 fully saturated rings. The standard InChI is InChI=1S/C13H17ClN2O2S/c1-3-13(2,8-9-14)15-12-10-6-4-5-7-11(10)19(17,18)16-12/h4-7H,3,8-9H2,1-2H3,(H,15,16). The van der Waals surface area contributed by atoms with Gasteiger partial charge in [0.15, 0.2) is 0 Å². The van der Waals surface area contributed by atoms with Gasteiger partial charge in [-0.25, -0.2) is 8.42 Å². The van der Waals surface area contributed by atoms with Crippen molar-refractivity contribution >= 4 is 27.5 Å². The van der Waals surface area contributed by atoms with Gasteiger partial charge >= 0.3 is 0 Å². The minimum absolute atomic E-state index is 0.290. The molecule has 1 heterocycles. The van der Waals surface area contributed by atoms with Crippen LogP contribution < -0.4 is 4.72 Å². The number of hydrogen-bond donors (Lipinski definition) is 1. The predicted octanol–water partition coefficient (Wildman–Crippen LogP) is 2.52. The van der Waals surface area contributed by atoms with E-state index in [0.29, 0.717) is 23.7 Å². The third-order valence-corrected chi connectivity index (χ3v) is 5.03. The molecule has 104 valence electrons. The van der Waals surface area contributed by atoms with E-state index >= 15 is 0 Å². The molecule has 6 heteroatoms. The monoisotopic (exact) mass is 300 g/mol. The van der Waals surface area contributed by atoms with Crippen molar-refractivity contribution in [1.82, 2.24) is 4.72 Å². The van der Waals surface area contributed by atoms with Crippen LogP contribution in [0.4, 0.5) is 0 Å². The Hall–Kier alpha value is -1.07. The number of hydrogen-bond acceptors (Lipinski definition) is 3. The second-order valence-corrected chi connectivity index (χ2v) is 6.88. The Balaban J connectivity index is 2.49. The molecule has 0 aliphatic carbocycles. The van der Waals surface area contributed by atoms with Crippen molar-refractivity contribution in [2.75, 3.05) is 5.88 Å². The van der Waals surface area contributed by atoms with Crippen LogP contribution >= 0.6 is 11.6 Å². The van der Waals surface area contributed by atoms with Crippen molar-refractivity contribution in [1.29, 1.82) is 0 Å². The van der Waals surface area contributed by atoms with Crippen molar-refractivity contribution in [3.05, 3.63) is 29.8 Å². The quantitative estimate of drug-likeness (QED) is 0.869. The fourth-order valence-electron chi connectivity index (χ4n) is 2.00. The Morgan fingerprint density at radius 1 is 1.37 bits per heavy atom. The lowest BCUT2D eigenvalue weighted by Gasteiger charge is -2.23. The minimum atomic E-state index is -3.46. The molecule has 1 aliphatic rings. The number of nitrogens with one attached hydrogen (secondary N) is 1. The minimum Gasteiger partial charge on any atom is -0.263 e. The van der Waals surface area contributed by atoms with Crippen LogP contribution in [-0.4, -0.2) is 25.7 Å². The Labute approximate surface area is 118 Å². The average Bonchev–Trinajstić information content (AvgIpc) is 2.62. The topological polar surface area (TPSA) is 58.5 Å². The van der Waals surface area contributed by atoms with E-state index in [0.717, 1.165) is 6.42 Å². The number of amidine groups is 1. The normalized spacial score (nSPS) is 21.7. The number of nitrogens with zero attached hydrogens (tertiary/aromatic N) is 1. The van der Waals surface area contributed by atoms with Crippen LogP contribution in [0.1, 0.15) is 32.3 Å². The molecule has 0 amide bonds. The zero-order chi connectivity index (χ0) is 14.1. The highest BCUT2D eigenvalue weighted by molar-refractivity contribution is 7.90. The Kier molecular flexibility index (Phi) is 3.87. The van der Waals surface area contributed by atoms with E-state index in [4.69, 9.17) is 11.6 Å². The summed E-state index contributed by atoms with van der Waals surface area (Å²) in [5, 5.41) is 0. The molecule has 0 aromatic heterocycles. The number of rotatable bonds is 4. The van der Waals surface area contributed by atoms with Gasteiger partial charge in [0.2, 0.25) is 0 Å². The molecule has 19 heavy (non-hydrogen) atoms. The SMILES string of the molecule is CCC(C)(CCCl)N=C1NS(=O)(=O)c2ccccc21. The van der Waals surface area contributed by atoms with Crippen LogP contribution in [-0.2, 0) is 10.0 Å². The molecule has 1 unspecified atom stereocenters. The molecule has 1 aromatic rings. The largest absolute Gasteiger partial charge is 0.263 e. The van der Waals surface area contributed by atoms with Crippen molar-refractivity contribution in [3.63, 3.8) is 0 Å². The van der Waals surface area contributed by atoms with Gasteiger partial charge in [0.25, 0.3) is 10.0 Å². The summed E-state index contributed by atoms with van der Waals surface area (Å²) in [5.74, 6) is 0.917. The van der Waals surface area contributed by atoms with E-state index in [1.807, 2.05) is 19.9 Å². The summed E-state index contributed by atoms with van der Waals surface area (Å²) >= 11 is 5.80. The van der Waals surface area contributed by atoms with E-state index in [1.54, 1.807) is 18.2 Å². The zero-order valence-corrected chi connectivity index (χ0v) is 12.6. The maximum atomic E-state index is 12.0. The molecule has 4 nitrogen and oxygen atoms in total. The van der Waals surface area contributed by atoms with E-state index < -0.39 is 10.0 Å². The van der Waals surface area contributed by atoms with Crippen LogP contribution in [0.5, 0.6) is 0 Å². The maximum Gasteiger partial charge on any atom is 0.263 e. The van der Waals surface area contributed by atoms with Crippen LogP contribution in [0.2, 0.25) is 0 Å². The lowest BCUT2D eigenvalue weighted by Crippen LogP contribution is -2.29. The zero-order valence-electron chi connectivity index (χ0n) is 11.0. The highest BCUT2D eigenvalue weighted by atomic mass is 35.5. The highest BCUT2D eigenvalue weighted by Crippen LogP contribution is 2.27. The first kappa shape index (κ1) is 14.3. The average molecular weight is 301 g/mol. The summed E-state index contributed by atoms with van der Waals surface area (Å²) in [7, 11) is -3.46. The van der Waals surface area contributed by atoms with Gasteiger partial charge in [-0.15, -0.1) is 11.6 Å². The molecule has 0 saturated heterocycles. The van der Waals surface area contributed by atoms with E-state index in [-0.39, 0.29) is 10.4 Å². The van der Waals surface area contributed by atoms with E-state index in [1.165, 1.54) is 0 Å². The van der Waals surface area contributed by atoms with Crippen molar-refractivity contribution in [2.24, 2.45) is 4.99 Å². The fraction of sp³-hybridized carbons (Fsp3) is 0.462. The first-order valence-electron chi connectivity index (χ1n) is 6.20. The molecule has 0 bridgehead atoms. The number of halogens is 1. The van der Waals surface area contributed by atoms with E-state index in [2.05, 4.69) is 9.71 Å². The predicted molar refractivity (Wildman–Crippen MR) is 77.3 cm³/mol. The number of benzene rings is 1. The highest BCUT2D eigenvalue weighted by Gasteiger charge is 2.32. The Bertz CT molecular complexity index is 613. The molecule has 1 N–H and O–H groups in total. The molecule has 1 aliphatic heterocycles.